The fourth-order valence-corrected chi connectivity index (χ4v) is 6.53. The number of hydrogen-bond acceptors (Lipinski definition) is 6. The number of alkyl halides is 3. The molecule has 0 saturated heterocycles. The molecule has 0 radical (unpaired) electrons. The zero-order valence-corrected chi connectivity index (χ0v) is 17.1. The number of esters is 1. The number of rotatable bonds is 11. The first-order valence-electron chi connectivity index (χ1n) is 7.75. The molecule has 0 aliphatic rings. The van der Waals surface area contributed by atoms with E-state index in [1.54, 1.807) is 13.8 Å². The lowest BCUT2D eigenvalue weighted by molar-refractivity contribution is -0.187. The van der Waals surface area contributed by atoms with Gasteiger partial charge < -0.3 is 14.5 Å². The molecule has 13 heteroatoms. The lowest BCUT2D eigenvalue weighted by Crippen LogP contribution is -2.54. The molecule has 0 atom stereocenters. The van der Waals surface area contributed by atoms with Crippen molar-refractivity contribution in [2.45, 2.75) is 43.7 Å². The average Bonchev–Trinajstić information content (AvgIpc) is 2.51. The van der Waals surface area contributed by atoms with Crippen LogP contribution in [0.15, 0.2) is 0 Å². The molecule has 0 unspecified atom stereocenters. The maximum Gasteiger partial charge on any atom is 0.471 e. The van der Waals surface area contributed by atoms with Gasteiger partial charge in [-0.3, -0.25) is 19.1 Å². The molecular weight excluding hydrogens is 418 g/mol. The molecule has 0 saturated carbocycles. The molecule has 0 aliphatic carbocycles. The van der Waals surface area contributed by atoms with Crippen LogP contribution in [0.1, 0.15) is 33.6 Å². The second-order valence-electron chi connectivity index (χ2n) is 4.98. The molecule has 0 heterocycles. The molecule has 0 spiro atoms. The number of amides is 1. The van der Waals surface area contributed by atoms with Crippen LogP contribution in [0, 0.1) is 0 Å². The molecule has 0 aliphatic heterocycles. The summed E-state index contributed by atoms with van der Waals surface area (Å²) in [5.74, 6) is -3.53. The van der Waals surface area contributed by atoms with E-state index in [2.05, 4.69) is 4.74 Å². The Bertz CT molecular complexity index is 520. The Hall–Kier alpha value is -0.420. The van der Waals surface area contributed by atoms with Crippen LogP contribution >= 0.6 is 31.1 Å². The van der Waals surface area contributed by atoms with Crippen molar-refractivity contribution < 1.29 is 41.8 Å². The van der Waals surface area contributed by atoms with E-state index in [0.717, 1.165) is 0 Å². The topological polar surface area (TPSA) is 104 Å². The van der Waals surface area contributed by atoms with Crippen LogP contribution in [0.25, 0.3) is 0 Å². The first kappa shape index (κ1) is 25.6. The van der Waals surface area contributed by atoms with Crippen molar-refractivity contribution in [2.24, 2.45) is 0 Å². The normalized spacial score (nSPS) is 12.8. The van der Waals surface area contributed by atoms with Crippen molar-refractivity contribution in [3.8, 4) is 0 Å². The monoisotopic (exact) mass is 441 g/mol. The van der Waals surface area contributed by atoms with Crippen LogP contribution in [0.3, 0.4) is 0 Å². The van der Waals surface area contributed by atoms with Crippen molar-refractivity contribution in [2.75, 3.05) is 24.7 Å². The van der Waals surface area contributed by atoms with E-state index in [-0.39, 0.29) is 23.0 Å². The highest BCUT2D eigenvalue weighted by Crippen LogP contribution is 2.65. The second kappa shape index (κ2) is 10.8. The van der Waals surface area contributed by atoms with Crippen molar-refractivity contribution in [1.29, 1.82) is 0 Å². The number of thioether (sulfide) groups is 2. The minimum absolute atomic E-state index is 0.0757. The second-order valence-corrected chi connectivity index (χ2v) is 10.2. The summed E-state index contributed by atoms with van der Waals surface area (Å²) in [6, 6.07) is 0. The Kier molecular flexibility index (Phi) is 10.6. The quantitative estimate of drug-likeness (QED) is 0.287. The van der Waals surface area contributed by atoms with E-state index in [9.17, 15) is 37.1 Å². The van der Waals surface area contributed by atoms with E-state index in [1.807, 2.05) is 0 Å². The van der Waals surface area contributed by atoms with Gasteiger partial charge in [0.25, 0.3) is 0 Å². The molecule has 0 bridgehead atoms. The van der Waals surface area contributed by atoms with Crippen molar-refractivity contribution in [1.82, 2.24) is 4.90 Å². The molecule has 0 rings (SSSR count). The van der Waals surface area contributed by atoms with Crippen molar-refractivity contribution in [3.05, 3.63) is 0 Å². The zero-order valence-electron chi connectivity index (χ0n) is 14.6. The molecule has 2 N–H and O–H groups in total. The Morgan fingerprint density at radius 2 is 1.54 bits per heavy atom. The predicted molar refractivity (Wildman–Crippen MR) is 94.7 cm³/mol. The van der Waals surface area contributed by atoms with E-state index in [1.165, 1.54) is 6.92 Å². The first-order chi connectivity index (χ1) is 11.9. The summed E-state index contributed by atoms with van der Waals surface area (Å²) >= 11 is 1.05. The molecule has 154 valence electrons. The van der Waals surface area contributed by atoms with Gasteiger partial charge in [-0.2, -0.15) is 13.2 Å². The number of carbonyl (C=O) groups excluding carboxylic acids is 2. The minimum Gasteiger partial charge on any atom is -0.465 e. The fourth-order valence-electron chi connectivity index (χ4n) is 1.78. The molecule has 1 amide bonds. The van der Waals surface area contributed by atoms with Crippen molar-refractivity contribution >= 4 is 43.0 Å². The lowest BCUT2D eigenvalue weighted by Gasteiger charge is -2.42. The number of carbonyl (C=O) groups is 2. The van der Waals surface area contributed by atoms with Gasteiger partial charge in [-0.05, 0) is 31.3 Å². The molecule has 0 aromatic rings. The maximum atomic E-state index is 13.1. The Morgan fingerprint density at radius 3 is 1.85 bits per heavy atom. The summed E-state index contributed by atoms with van der Waals surface area (Å²) < 4.78 is 53.5. The van der Waals surface area contributed by atoms with E-state index < -0.39 is 36.1 Å². The lowest BCUT2D eigenvalue weighted by atomic mass is 10.4. The highest BCUT2D eigenvalue weighted by atomic mass is 32.2. The third-order valence-corrected chi connectivity index (χ3v) is 9.08. The van der Waals surface area contributed by atoms with Crippen LogP contribution in [0.2, 0.25) is 0 Å². The number of ether oxygens (including phenoxy) is 1. The Labute approximate surface area is 158 Å². The van der Waals surface area contributed by atoms with E-state index >= 15 is 0 Å². The maximum absolute atomic E-state index is 13.1. The molecule has 0 aromatic carbocycles. The number of nitrogens with zero attached hydrogens (tertiary/aromatic N) is 1. The summed E-state index contributed by atoms with van der Waals surface area (Å²) in [7, 11) is -5.30. The largest absolute Gasteiger partial charge is 0.471 e. The summed E-state index contributed by atoms with van der Waals surface area (Å²) in [5, 5.41) is 0. The SMILES string of the molecule is CCCSC(SCCC)(N(CC(=O)OCC)C(=O)C(F)(F)F)P(=O)(O)O. The number of halogens is 3. The minimum atomic E-state index is -5.41. The van der Waals surface area contributed by atoms with Crippen LogP contribution in [0.4, 0.5) is 13.2 Å². The van der Waals surface area contributed by atoms with Gasteiger partial charge in [0.1, 0.15) is 6.54 Å². The summed E-state index contributed by atoms with van der Waals surface area (Å²) in [5.41, 5.74) is 0. The molecule has 0 aromatic heterocycles. The standard InChI is InChI=1S/C13H23F3NO6PS2/c1-4-7-25-13(24(20,21)22,26-8-5-2)17(9-10(18)23-6-3)11(19)12(14,15)16/h4-9H2,1-3H3,(H2,20,21,22). The first-order valence-corrected chi connectivity index (χ1v) is 11.3. The van der Waals surface area contributed by atoms with Crippen molar-refractivity contribution in [3.63, 3.8) is 0 Å². The summed E-state index contributed by atoms with van der Waals surface area (Å²) in [6.07, 6.45) is -4.62. The molecule has 0 fully saturated rings. The third-order valence-electron chi connectivity index (χ3n) is 2.78. The van der Waals surface area contributed by atoms with Gasteiger partial charge in [-0.1, -0.05) is 13.8 Å². The van der Waals surface area contributed by atoms with Crippen LogP contribution in [0.5, 0.6) is 0 Å². The zero-order chi connectivity index (χ0) is 20.6. The van der Waals surface area contributed by atoms with Gasteiger partial charge in [-0.15, -0.1) is 23.5 Å². The Morgan fingerprint density at radius 1 is 1.08 bits per heavy atom. The van der Waals surface area contributed by atoms with Gasteiger partial charge in [0.05, 0.1) is 6.61 Å². The highest BCUT2D eigenvalue weighted by molar-refractivity contribution is 8.24. The van der Waals surface area contributed by atoms with Gasteiger partial charge in [0, 0.05) is 0 Å². The smallest absolute Gasteiger partial charge is 0.465 e. The summed E-state index contributed by atoms with van der Waals surface area (Å²) in [6.45, 7) is 3.39. The summed E-state index contributed by atoms with van der Waals surface area (Å²) in [4.78, 5) is 43.3. The molecule has 7 nitrogen and oxygen atoms in total. The van der Waals surface area contributed by atoms with Crippen LogP contribution in [-0.4, -0.2) is 61.3 Å². The van der Waals surface area contributed by atoms with Gasteiger partial charge >= 0.3 is 25.6 Å². The highest BCUT2D eigenvalue weighted by Gasteiger charge is 2.59. The molecule has 26 heavy (non-hydrogen) atoms. The third kappa shape index (κ3) is 6.95. The predicted octanol–water partition coefficient (Wildman–Crippen LogP) is 3.02. The van der Waals surface area contributed by atoms with E-state index in [4.69, 9.17) is 0 Å². The fraction of sp³-hybridized carbons (Fsp3) is 0.846. The van der Waals surface area contributed by atoms with Crippen LogP contribution in [-0.2, 0) is 18.9 Å². The molecular formula is C13H23F3NO6PS2. The van der Waals surface area contributed by atoms with Crippen LogP contribution < -0.4 is 0 Å². The van der Waals surface area contributed by atoms with Gasteiger partial charge in [-0.25, -0.2) is 0 Å². The Balaban J connectivity index is 6.29. The number of hydrogen-bond donors (Lipinski definition) is 2. The van der Waals surface area contributed by atoms with Gasteiger partial charge in [0.15, 0.2) is 0 Å². The van der Waals surface area contributed by atoms with Gasteiger partial charge in [0.2, 0.25) is 3.94 Å². The van der Waals surface area contributed by atoms with E-state index in [0.29, 0.717) is 36.4 Å². The average molecular weight is 441 g/mol.